The quantitative estimate of drug-likeness (QED) is 0.297. The molecule has 0 unspecified atom stereocenters. The summed E-state index contributed by atoms with van der Waals surface area (Å²) in [5.74, 6) is -0.621. The van der Waals surface area contributed by atoms with Crippen LogP contribution in [0.15, 0.2) is 48.6 Å². The summed E-state index contributed by atoms with van der Waals surface area (Å²) in [5.41, 5.74) is 1.37. The summed E-state index contributed by atoms with van der Waals surface area (Å²) in [6.07, 6.45) is 8.05. The molecule has 2 aromatic carbocycles. The van der Waals surface area contributed by atoms with Crippen LogP contribution in [0.25, 0.3) is 4.85 Å². The number of aliphatic hydroxyl groups is 1. The Balaban J connectivity index is 1.45. The van der Waals surface area contributed by atoms with Gasteiger partial charge >= 0.3 is 5.72 Å². The average molecular weight is 624 g/mol. The SMILES string of the molecule is [C-]#[N+][C@@]1(O)/C=C/C[C@H](C)[C@@H](C)S(=O)(=O)NC(=O)c2ccc3c(c2)N(C[C@@H]2CC[C@H]21)C[C@@]1(CCCc2cc(Cl)ccc21)CO3. The number of anilines is 1. The van der Waals surface area contributed by atoms with Crippen LogP contribution < -0.4 is 14.4 Å². The van der Waals surface area contributed by atoms with Crippen LogP contribution in [0.2, 0.25) is 5.02 Å². The monoisotopic (exact) mass is 623 g/mol. The first-order valence-electron chi connectivity index (χ1n) is 15.1. The molecule has 6 atom stereocenters. The Morgan fingerprint density at radius 1 is 1.19 bits per heavy atom. The molecule has 2 heterocycles. The number of carbonyl (C=O) groups is 1. The Kier molecular flexibility index (Phi) is 7.77. The fraction of sp³-hybridized carbons (Fsp3) is 0.515. The predicted octanol–water partition coefficient (Wildman–Crippen LogP) is 5.49. The molecule has 0 aromatic heterocycles. The number of ether oxygens (including phenoxy) is 1. The van der Waals surface area contributed by atoms with Crippen LogP contribution in [0, 0.1) is 24.3 Å². The fourth-order valence-electron chi connectivity index (χ4n) is 7.36. The third-order valence-corrected chi connectivity index (χ3v) is 12.4. The van der Waals surface area contributed by atoms with Crippen molar-refractivity contribution in [2.24, 2.45) is 17.8 Å². The zero-order valence-corrected chi connectivity index (χ0v) is 26.1. The van der Waals surface area contributed by atoms with E-state index in [1.165, 1.54) is 11.1 Å². The highest BCUT2D eigenvalue weighted by Gasteiger charge is 2.52. The van der Waals surface area contributed by atoms with E-state index in [1.807, 2.05) is 12.1 Å². The number of hydrogen-bond donors (Lipinski definition) is 2. The molecular weight excluding hydrogens is 586 g/mol. The molecule has 10 heteroatoms. The van der Waals surface area contributed by atoms with E-state index in [4.69, 9.17) is 22.9 Å². The van der Waals surface area contributed by atoms with Gasteiger partial charge in [-0.25, -0.2) is 19.7 Å². The lowest BCUT2D eigenvalue weighted by Crippen LogP contribution is -2.51. The third kappa shape index (κ3) is 5.43. The number of fused-ring (bicyclic) bond motifs is 4. The van der Waals surface area contributed by atoms with Crippen LogP contribution in [0.5, 0.6) is 5.75 Å². The number of hydrogen-bond acceptors (Lipinski definition) is 6. The lowest BCUT2D eigenvalue weighted by molar-refractivity contribution is -0.0121. The van der Waals surface area contributed by atoms with E-state index < -0.39 is 26.9 Å². The minimum absolute atomic E-state index is 0.0437. The minimum atomic E-state index is -3.99. The highest BCUT2D eigenvalue weighted by molar-refractivity contribution is 7.90. The van der Waals surface area contributed by atoms with Crippen molar-refractivity contribution in [3.05, 3.63) is 81.7 Å². The van der Waals surface area contributed by atoms with Gasteiger partial charge in [-0.15, -0.1) is 0 Å². The Bertz CT molecular complexity index is 1620. The summed E-state index contributed by atoms with van der Waals surface area (Å²) < 4.78 is 35.2. The first-order chi connectivity index (χ1) is 20.4. The van der Waals surface area contributed by atoms with Crippen LogP contribution in [0.4, 0.5) is 5.69 Å². The number of rotatable bonds is 0. The second-order valence-corrected chi connectivity index (χ2v) is 15.4. The number of sulfonamides is 1. The summed E-state index contributed by atoms with van der Waals surface area (Å²) in [5, 5.41) is 11.4. The maximum atomic E-state index is 13.3. The van der Waals surface area contributed by atoms with E-state index in [0.717, 1.165) is 32.1 Å². The van der Waals surface area contributed by atoms with Crippen LogP contribution in [-0.4, -0.2) is 50.1 Å². The van der Waals surface area contributed by atoms with Gasteiger partial charge in [0.25, 0.3) is 5.91 Å². The van der Waals surface area contributed by atoms with E-state index in [0.29, 0.717) is 42.6 Å². The lowest BCUT2D eigenvalue weighted by Gasteiger charge is -2.45. The van der Waals surface area contributed by atoms with Crippen LogP contribution in [0.1, 0.15) is 67.4 Å². The number of carbonyl (C=O) groups excluding carboxylic acids is 1. The summed E-state index contributed by atoms with van der Waals surface area (Å²) in [6, 6.07) is 11.2. The van der Waals surface area contributed by atoms with Crippen molar-refractivity contribution in [3.63, 3.8) is 0 Å². The van der Waals surface area contributed by atoms with E-state index in [2.05, 4.69) is 20.5 Å². The third-order valence-electron chi connectivity index (χ3n) is 10.3. The number of allylic oxidation sites excluding steroid dienone is 1. The largest absolute Gasteiger partial charge is 0.490 e. The first kappa shape index (κ1) is 30.0. The van der Waals surface area contributed by atoms with Gasteiger partial charge in [0.05, 0.1) is 23.5 Å². The molecule has 43 heavy (non-hydrogen) atoms. The standard InChI is InChI=1S/C33H38ClN3O5S/c1-21-6-4-15-33(39,35-3)28-11-8-25(28)18-37-19-32(14-5-7-23-16-26(34)10-12-27(23)32)20-42-30-13-9-24(17-29(30)37)31(38)36-43(40,41)22(21)2/h4,9-10,12-13,15-17,21-22,25,28,39H,5-8,11,14,18-20H2,1-2H3,(H,36,38)/b15-4+/t21-,22+,25-,28+,32-,33+/m0/s1. The molecule has 6 rings (SSSR count). The van der Waals surface area contributed by atoms with E-state index in [1.54, 1.807) is 44.2 Å². The molecule has 4 aliphatic rings. The van der Waals surface area contributed by atoms with Crippen molar-refractivity contribution < 1.29 is 23.1 Å². The Morgan fingerprint density at radius 2 is 2.00 bits per heavy atom. The highest BCUT2D eigenvalue weighted by Crippen LogP contribution is 2.48. The summed E-state index contributed by atoms with van der Waals surface area (Å²) in [6.45, 7) is 12.9. The maximum absolute atomic E-state index is 13.3. The molecule has 2 aromatic rings. The van der Waals surface area contributed by atoms with Gasteiger partial charge in [0, 0.05) is 35.2 Å². The zero-order valence-electron chi connectivity index (χ0n) is 24.6. The van der Waals surface area contributed by atoms with Crippen molar-refractivity contribution in [1.82, 2.24) is 4.72 Å². The summed E-state index contributed by atoms with van der Waals surface area (Å²) >= 11 is 6.38. The molecule has 1 saturated carbocycles. The zero-order chi connectivity index (χ0) is 30.6. The molecule has 0 saturated heterocycles. The van der Waals surface area contributed by atoms with Gasteiger partial charge in [-0.3, -0.25) is 9.64 Å². The van der Waals surface area contributed by atoms with Gasteiger partial charge in [-0.1, -0.05) is 30.7 Å². The second-order valence-electron chi connectivity index (χ2n) is 12.9. The van der Waals surface area contributed by atoms with Crippen molar-refractivity contribution in [2.45, 2.75) is 68.8 Å². The number of nitrogens with one attached hydrogen (secondary N) is 1. The normalized spacial score (nSPS) is 34.3. The molecule has 1 fully saturated rings. The molecule has 1 amide bonds. The fourth-order valence-corrected chi connectivity index (χ4v) is 8.84. The number of benzene rings is 2. The lowest BCUT2D eigenvalue weighted by atomic mass is 9.66. The van der Waals surface area contributed by atoms with Crippen molar-refractivity contribution in [2.75, 3.05) is 24.6 Å². The van der Waals surface area contributed by atoms with Crippen molar-refractivity contribution >= 4 is 33.2 Å². The van der Waals surface area contributed by atoms with Crippen LogP contribution >= 0.6 is 11.6 Å². The average Bonchev–Trinajstić information content (AvgIpc) is 3.11. The van der Waals surface area contributed by atoms with Gasteiger partial charge in [-0.05, 0) is 98.7 Å². The van der Waals surface area contributed by atoms with Crippen molar-refractivity contribution in [1.29, 1.82) is 0 Å². The van der Waals surface area contributed by atoms with Crippen LogP contribution in [0.3, 0.4) is 0 Å². The van der Waals surface area contributed by atoms with Crippen LogP contribution in [-0.2, 0) is 21.9 Å². The minimum Gasteiger partial charge on any atom is -0.490 e. The molecule has 2 N–H and O–H groups in total. The Labute approximate surface area is 258 Å². The highest BCUT2D eigenvalue weighted by atomic mass is 35.5. The molecule has 228 valence electrons. The predicted molar refractivity (Wildman–Crippen MR) is 167 cm³/mol. The van der Waals surface area contributed by atoms with Gasteiger partial charge in [0.1, 0.15) is 5.75 Å². The molecule has 0 radical (unpaired) electrons. The number of aryl methyl sites for hydroxylation is 1. The van der Waals surface area contributed by atoms with Crippen molar-refractivity contribution in [3.8, 4) is 5.75 Å². The first-order valence-corrected chi connectivity index (χ1v) is 17.0. The van der Waals surface area contributed by atoms with Gasteiger partial charge in [0.2, 0.25) is 10.0 Å². The number of nitrogens with zero attached hydrogens (tertiary/aromatic N) is 2. The Morgan fingerprint density at radius 3 is 2.74 bits per heavy atom. The molecule has 2 aliphatic carbocycles. The molecule has 1 spiro atoms. The molecule has 2 aliphatic heterocycles. The maximum Gasteiger partial charge on any atom is 0.357 e. The van der Waals surface area contributed by atoms with Gasteiger partial charge in [0.15, 0.2) is 0 Å². The topological polar surface area (TPSA) is 100 Å². The van der Waals surface area contributed by atoms with Gasteiger partial charge < -0.3 is 14.7 Å². The van der Waals surface area contributed by atoms with Gasteiger partial charge in [-0.2, -0.15) is 0 Å². The van der Waals surface area contributed by atoms with E-state index >= 15 is 0 Å². The smallest absolute Gasteiger partial charge is 0.357 e. The summed E-state index contributed by atoms with van der Waals surface area (Å²) in [4.78, 5) is 19.3. The molecular formula is C33H38ClN3O5S. The molecule has 2 bridgehead atoms. The summed E-state index contributed by atoms with van der Waals surface area (Å²) in [7, 11) is -3.99. The molecule has 8 nitrogen and oxygen atoms in total. The second kappa shape index (κ2) is 11.1. The number of amides is 1. The Hall–Kier alpha value is -3.06. The van der Waals surface area contributed by atoms with E-state index in [9.17, 15) is 18.3 Å². The van der Waals surface area contributed by atoms with E-state index in [-0.39, 0.29) is 28.7 Å². The number of halogens is 1.